The van der Waals surface area contributed by atoms with E-state index in [-0.39, 0.29) is 6.03 Å². The molecule has 0 radical (unpaired) electrons. The van der Waals surface area contributed by atoms with Gasteiger partial charge in [-0.25, -0.2) is 9.78 Å². The fraction of sp³-hybridized carbons (Fsp3) is 0.211. The number of anilines is 2. The summed E-state index contributed by atoms with van der Waals surface area (Å²) in [5.41, 5.74) is 2.23. The summed E-state index contributed by atoms with van der Waals surface area (Å²) in [6, 6.07) is 10.9. The fourth-order valence-corrected chi connectivity index (χ4v) is 3.13. The highest BCUT2D eigenvalue weighted by atomic mass is 35.5. The topological polar surface area (TPSA) is 72.3 Å². The molecule has 27 heavy (non-hydrogen) atoms. The van der Waals surface area contributed by atoms with Gasteiger partial charge in [0.1, 0.15) is 0 Å². The molecule has 1 aliphatic heterocycles. The van der Waals surface area contributed by atoms with Gasteiger partial charge < -0.3 is 10.1 Å². The number of fused-ring (bicyclic) bond motifs is 1. The highest BCUT2D eigenvalue weighted by molar-refractivity contribution is 6.30. The monoisotopic (exact) mass is 383 g/mol. The average Bonchev–Trinajstić information content (AvgIpc) is 2.94. The number of hydrogen-bond acceptors (Lipinski definition) is 4. The molecule has 1 aliphatic rings. The first kappa shape index (κ1) is 17.4. The Bertz CT molecular complexity index is 988. The van der Waals surface area contributed by atoms with Crippen LogP contribution in [0, 0.1) is 0 Å². The fourth-order valence-electron chi connectivity index (χ4n) is 2.94. The number of nitrogens with zero attached hydrogens (tertiary/aromatic N) is 4. The van der Waals surface area contributed by atoms with Crippen LogP contribution in [0.15, 0.2) is 48.8 Å². The van der Waals surface area contributed by atoms with E-state index in [9.17, 15) is 4.79 Å². The van der Waals surface area contributed by atoms with Gasteiger partial charge in [0.2, 0.25) is 0 Å². The number of pyridine rings is 1. The molecule has 8 heteroatoms. The van der Waals surface area contributed by atoms with Crippen LogP contribution in [0.25, 0.3) is 11.3 Å². The third kappa shape index (κ3) is 3.73. The Morgan fingerprint density at radius 3 is 2.96 bits per heavy atom. The number of aromatic nitrogens is 3. The molecule has 0 saturated carbocycles. The lowest BCUT2D eigenvalue weighted by atomic mass is 10.1. The first-order chi connectivity index (χ1) is 13.1. The summed E-state index contributed by atoms with van der Waals surface area (Å²) in [6.45, 7) is 1.03. The van der Waals surface area contributed by atoms with Crippen molar-refractivity contribution >= 4 is 29.1 Å². The second kappa shape index (κ2) is 7.28. The Morgan fingerprint density at radius 1 is 1.30 bits per heavy atom. The van der Waals surface area contributed by atoms with E-state index in [4.69, 9.17) is 21.3 Å². The molecular weight excluding hydrogens is 366 g/mol. The number of benzene rings is 1. The molecule has 0 unspecified atom stereocenters. The number of hydrogen-bond donors (Lipinski definition) is 1. The first-order valence-corrected chi connectivity index (χ1v) is 8.95. The molecule has 4 rings (SSSR count). The standard InChI is InChI=1S/C19H18ClN5O2/c1-24-12-15(11-21-24)22-19(26)25-8-3-9-27-17-7-6-16(23-18(17)25)13-4-2-5-14(20)10-13/h2,4-7,10-12H,3,8-9H2,1H3,(H,22,26). The van der Waals surface area contributed by atoms with Crippen molar-refractivity contribution in [3.8, 4) is 17.0 Å². The molecular formula is C19H18ClN5O2. The molecule has 1 N–H and O–H groups in total. The van der Waals surface area contributed by atoms with Crippen molar-refractivity contribution in [2.75, 3.05) is 23.4 Å². The van der Waals surface area contributed by atoms with Crippen LogP contribution in [-0.4, -0.2) is 33.9 Å². The summed E-state index contributed by atoms with van der Waals surface area (Å²) in [4.78, 5) is 19.2. The van der Waals surface area contributed by atoms with Gasteiger partial charge >= 0.3 is 6.03 Å². The van der Waals surface area contributed by atoms with Gasteiger partial charge in [0.05, 0.1) is 24.2 Å². The number of urea groups is 1. The van der Waals surface area contributed by atoms with Gasteiger partial charge in [-0.3, -0.25) is 9.58 Å². The summed E-state index contributed by atoms with van der Waals surface area (Å²) in [7, 11) is 1.80. The maximum Gasteiger partial charge on any atom is 0.327 e. The minimum absolute atomic E-state index is 0.273. The average molecular weight is 384 g/mol. The van der Waals surface area contributed by atoms with E-state index in [0.29, 0.717) is 41.8 Å². The Hall–Kier alpha value is -3.06. The van der Waals surface area contributed by atoms with Gasteiger partial charge in [-0.2, -0.15) is 5.10 Å². The van der Waals surface area contributed by atoms with Gasteiger partial charge in [0.15, 0.2) is 11.6 Å². The van der Waals surface area contributed by atoms with Crippen LogP contribution < -0.4 is 15.0 Å². The smallest absolute Gasteiger partial charge is 0.327 e. The molecule has 2 aromatic heterocycles. The lowest BCUT2D eigenvalue weighted by molar-refractivity contribution is 0.256. The zero-order valence-electron chi connectivity index (χ0n) is 14.7. The molecule has 0 spiro atoms. The van der Waals surface area contributed by atoms with Crippen LogP contribution >= 0.6 is 11.6 Å². The number of halogens is 1. The number of nitrogens with one attached hydrogen (secondary N) is 1. The zero-order valence-corrected chi connectivity index (χ0v) is 15.5. The summed E-state index contributed by atoms with van der Waals surface area (Å²) < 4.78 is 7.40. The first-order valence-electron chi connectivity index (χ1n) is 8.57. The second-order valence-electron chi connectivity index (χ2n) is 6.22. The molecule has 7 nitrogen and oxygen atoms in total. The lowest BCUT2D eigenvalue weighted by Gasteiger charge is -2.21. The van der Waals surface area contributed by atoms with Crippen molar-refractivity contribution in [1.82, 2.24) is 14.8 Å². The third-order valence-electron chi connectivity index (χ3n) is 4.20. The predicted octanol–water partition coefficient (Wildman–Crippen LogP) is 3.96. The summed E-state index contributed by atoms with van der Waals surface area (Å²) in [5, 5.41) is 7.56. The van der Waals surface area contributed by atoms with Crippen molar-refractivity contribution in [2.45, 2.75) is 6.42 Å². The summed E-state index contributed by atoms with van der Waals surface area (Å²) in [6.07, 6.45) is 4.05. The molecule has 0 atom stereocenters. The predicted molar refractivity (Wildman–Crippen MR) is 104 cm³/mol. The number of aryl methyl sites for hydroxylation is 1. The molecule has 2 amide bonds. The SMILES string of the molecule is Cn1cc(NC(=O)N2CCCOc3ccc(-c4cccc(Cl)c4)nc32)cn1. The van der Waals surface area contributed by atoms with E-state index < -0.39 is 0 Å². The van der Waals surface area contributed by atoms with E-state index in [1.807, 2.05) is 36.4 Å². The molecule has 3 heterocycles. The highest BCUT2D eigenvalue weighted by Gasteiger charge is 2.25. The van der Waals surface area contributed by atoms with E-state index in [0.717, 1.165) is 11.3 Å². The van der Waals surface area contributed by atoms with E-state index in [1.54, 1.807) is 29.0 Å². The van der Waals surface area contributed by atoms with Crippen LogP contribution in [0.2, 0.25) is 5.02 Å². The molecule has 0 aliphatic carbocycles. The summed E-state index contributed by atoms with van der Waals surface area (Å²) >= 11 is 6.10. The van der Waals surface area contributed by atoms with Gasteiger partial charge in [0.25, 0.3) is 0 Å². The molecule has 1 aromatic carbocycles. The number of carbonyl (C=O) groups excluding carboxylic acids is 1. The van der Waals surface area contributed by atoms with Gasteiger partial charge in [-0.05, 0) is 30.7 Å². The maximum absolute atomic E-state index is 12.9. The van der Waals surface area contributed by atoms with Gasteiger partial charge in [-0.15, -0.1) is 0 Å². The van der Waals surface area contributed by atoms with Crippen LogP contribution in [0.4, 0.5) is 16.3 Å². The number of ether oxygens (including phenoxy) is 1. The minimum atomic E-state index is -0.273. The molecule has 138 valence electrons. The maximum atomic E-state index is 12.9. The van der Waals surface area contributed by atoms with E-state index >= 15 is 0 Å². The van der Waals surface area contributed by atoms with Crippen molar-refractivity contribution in [3.63, 3.8) is 0 Å². The zero-order chi connectivity index (χ0) is 18.8. The third-order valence-corrected chi connectivity index (χ3v) is 4.44. The molecule has 0 saturated heterocycles. The van der Waals surface area contributed by atoms with Crippen molar-refractivity contribution in [2.24, 2.45) is 7.05 Å². The van der Waals surface area contributed by atoms with Crippen LogP contribution in [0.3, 0.4) is 0 Å². The number of carbonyl (C=O) groups is 1. The van der Waals surface area contributed by atoms with E-state index in [2.05, 4.69) is 10.4 Å². The lowest BCUT2D eigenvalue weighted by Crippen LogP contribution is -2.36. The second-order valence-corrected chi connectivity index (χ2v) is 6.65. The van der Waals surface area contributed by atoms with Crippen LogP contribution in [0.5, 0.6) is 5.75 Å². The quantitative estimate of drug-likeness (QED) is 0.727. The Labute approximate surface area is 161 Å². The van der Waals surface area contributed by atoms with Crippen molar-refractivity contribution < 1.29 is 9.53 Å². The largest absolute Gasteiger partial charge is 0.490 e. The number of amides is 2. The normalized spacial score (nSPS) is 13.5. The van der Waals surface area contributed by atoms with Crippen molar-refractivity contribution in [1.29, 1.82) is 0 Å². The van der Waals surface area contributed by atoms with Gasteiger partial charge in [0, 0.05) is 30.4 Å². The van der Waals surface area contributed by atoms with E-state index in [1.165, 1.54) is 0 Å². The molecule has 0 bridgehead atoms. The minimum Gasteiger partial charge on any atom is -0.490 e. The number of rotatable bonds is 2. The van der Waals surface area contributed by atoms with Crippen LogP contribution in [-0.2, 0) is 7.05 Å². The van der Waals surface area contributed by atoms with Crippen molar-refractivity contribution in [3.05, 3.63) is 53.8 Å². The van der Waals surface area contributed by atoms with Crippen LogP contribution in [0.1, 0.15) is 6.42 Å². The molecule has 0 fully saturated rings. The molecule has 3 aromatic rings. The Balaban J connectivity index is 1.68. The summed E-state index contributed by atoms with van der Waals surface area (Å²) in [5.74, 6) is 1.07. The Morgan fingerprint density at radius 2 is 2.19 bits per heavy atom. The Kier molecular flexibility index (Phi) is 4.68. The highest BCUT2D eigenvalue weighted by Crippen LogP contribution is 2.33. The van der Waals surface area contributed by atoms with Gasteiger partial charge in [-0.1, -0.05) is 23.7 Å².